The van der Waals surface area contributed by atoms with Crippen LogP contribution in [0.4, 0.5) is 20.2 Å². The van der Waals surface area contributed by atoms with Gasteiger partial charge in [-0.1, -0.05) is 42.0 Å². The van der Waals surface area contributed by atoms with E-state index >= 15 is 0 Å². The normalized spacial score (nSPS) is 11.3. The van der Waals surface area contributed by atoms with Gasteiger partial charge in [-0.05, 0) is 66.6 Å². The predicted molar refractivity (Wildman–Crippen MR) is 199 cm³/mol. The van der Waals surface area contributed by atoms with Crippen molar-refractivity contribution >= 4 is 43.2 Å². The molecule has 286 valence electrons. The zero-order valence-electron chi connectivity index (χ0n) is 29.2. The summed E-state index contributed by atoms with van der Waals surface area (Å²) in [6.07, 6.45) is 4.16. The first kappa shape index (κ1) is 39.9. The summed E-state index contributed by atoms with van der Waals surface area (Å²) in [5, 5.41) is 23.3. The molecule has 0 atom stereocenters. The molecular weight excluding hydrogens is 759 g/mol. The largest absolute Gasteiger partial charge is 0.497 e. The van der Waals surface area contributed by atoms with E-state index in [9.17, 15) is 35.2 Å². The van der Waals surface area contributed by atoms with Crippen molar-refractivity contribution in [1.82, 2.24) is 19.6 Å². The molecule has 0 aliphatic carbocycles. The highest BCUT2D eigenvalue weighted by molar-refractivity contribution is 7.89. The lowest BCUT2D eigenvalue weighted by molar-refractivity contribution is -0.116. The van der Waals surface area contributed by atoms with E-state index in [0.29, 0.717) is 5.75 Å². The van der Waals surface area contributed by atoms with Crippen LogP contribution in [0, 0.1) is 18.6 Å². The number of hydrogen-bond acceptors (Lipinski definition) is 9. The van der Waals surface area contributed by atoms with Gasteiger partial charge in [0.1, 0.15) is 15.5 Å². The smallest absolute Gasteiger partial charge is 0.240 e. The van der Waals surface area contributed by atoms with Crippen molar-refractivity contribution in [3.05, 3.63) is 138 Å². The molecule has 0 aliphatic heterocycles. The average Bonchev–Trinajstić information content (AvgIpc) is 3.77. The van der Waals surface area contributed by atoms with Gasteiger partial charge in [0, 0.05) is 11.4 Å². The molecule has 2 amide bonds. The Morgan fingerprint density at radius 3 is 1.42 bits per heavy atom. The van der Waals surface area contributed by atoms with E-state index in [0.717, 1.165) is 50.8 Å². The molecule has 0 fully saturated rings. The number of anilines is 2. The molecule has 6 N–H and O–H groups in total. The molecule has 0 saturated carbocycles. The maximum Gasteiger partial charge on any atom is 0.240 e. The van der Waals surface area contributed by atoms with E-state index in [1.807, 2.05) is 31.2 Å². The molecule has 0 radical (unpaired) electrons. The maximum atomic E-state index is 13.2. The SMILES string of the molecule is COc1ccc(CC(=O)Nc2ccc(-n3cc(F)cn3)c(S(N)(=O)=O)c2)cc1.Cc1ccc(CC(=O)Nc2ccc(-n3cc(F)cn3)c(S(N)(=O)=O)c2)cc1. The molecule has 6 rings (SSSR count). The molecule has 15 nitrogen and oxygen atoms in total. The van der Waals surface area contributed by atoms with E-state index in [2.05, 4.69) is 20.8 Å². The number of hydrogen-bond donors (Lipinski definition) is 4. The second-order valence-corrected chi connectivity index (χ2v) is 15.0. The van der Waals surface area contributed by atoms with Crippen LogP contribution in [0.3, 0.4) is 0 Å². The highest BCUT2D eigenvalue weighted by Crippen LogP contribution is 2.25. The van der Waals surface area contributed by atoms with Gasteiger partial charge in [0.2, 0.25) is 31.9 Å². The Morgan fingerprint density at radius 1 is 0.673 bits per heavy atom. The second kappa shape index (κ2) is 16.8. The fourth-order valence-corrected chi connectivity index (χ4v) is 6.60. The summed E-state index contributed by atoms with van der Waals surface area (Å²) in [6, 6.07) is 22.7. The van der Waals surface area contributed by atoms with Gasteiger partial charge < -0.3 is 15.4 Å². The van der Waals surface area contributed by atoms with Crippen LogP contribution >= 0.6 is 0 Å². The number of ether oxygens (including phenoxy) is 1. The Morgan fingerprint density at radius 2 is 1.07 bits per heavy atom. The van der Waals surface area contributed by atoms with E-state index in [-0.39, 0.29) is 57.2 Å². The number of methoxy groups -OCH3 is 1. The van der Waals surface area contributed by atoms with Crippen molar-refractivity contribution in [1.29, 1.82) is 0 Å². The number of nitrogens with zero attached hydrogens (tertiary/aromatic N) is 4. The van der Waals surface area contributed by atoms with Crippen LogP contribution in [-0.2, 0) is 42.5 Å². The lowest BCUT2D eigenvalue weighted by Crippen LogP contribution is -2.18. The minimum atomic E-state index is -4.15. The van der Waals surface area contributed by atoms with Gasteiger partial charge in [-0.15, -0.1) is 0 Å². The lowest BCUT2D eigenvalue weighted by atomic mass is 10.1. The molecule has 2 aromatic heterocycles. The van der Waals surface area contributed by atoms with Crippen molar-refractivity contribution in [3.63, 3.8) is 0 Å². The topological polar surface area (TPSA) is 223 Å². The van der Waals surface area contributed by atoms with Crippen LogP contribution < -0.4 is 25.6 Å². The van der Waals surface area contributed by atoms with Gasteiger partial charge in [0.15, 0.2) is 11.6 Å². The van der Waals surface area contributed by atoms with Gasteiger partial charge in [-0.2, -0.15) is 10.2 Å². The van der Waals surface area contributed by atoms with E-state index < -0.39 is 31.7 Å². The van der Waals surface area contributed by atoms with Gasteiger partial charge in [0.05, 0.1) is 56.1 Å². The fraction of sp³-hybridized carbons (Fsp3) is 0.111. The molecular formula is C36H34F2N8O7S2. The first-order valence-corrected chi connectivity index (χ1v) is 19.1. The van der Waals surface area contributed by atoms with E-state index in [1.54, 1.807) is 31.4 Å². The number of halogens is 2. The minimum Gasteiger partial charge on any atom is -0.497 e. The third-order valence-corrected chi connectivity index (χ3v) is 9.59. The monoisotopic (exact) mass is 792 g/mol. The Balaban J connectivity index is 0.000000211. The van der Waals surface area contributed by atoms with Crippen LogP contribution in [0.15, 0.2) is 120 Å². The number of primary sulfonamides is 2. The highest BCUT2D eigenvalue weighted by atomic mass is 32.2. The molecule has 19 heteroatoms. The summed E-state index contributed by atoms with van der Waals surface area (Å²) < 4.78 is 81.3. The van der Waals surface area contributed by atoms with E-state index in [4.69, 9.17) is 15.0 Å². The van der Waals surface area contributed by atoms with Crippen LogP contribution in [-0.4, -0.2) is 55.3 Å². The summed E-state index contributed by atoms with van der Waals surface area (Å²) in [4.78, 5) is 23.9. The number of nitrogens with one attached hydrogen (secondary N) is 2. The molecule has 0 bridgehead atoms. The van der Waals surface area contributed by atoms with Gasteiger partial charge in [-0.3, -0.25) is 9.59 Å². The van der Waals surface area contributed by atoms with Gasteiger partial charge in [-0.25, -0.2) is 45.3 Å². The molecule has 0 spiro atoms. The predicted octanol–water partition coefficient (Wildman–Crippen LogP) is 4.00. The molecule has 0 aliphatic rings. The zero-order valence-corrected chi connectivity index (χ0v) is 30.8. The molecule has 0 unspecified atom stereocenters. The number of aryl methyl sites for hydroxylation is 1. The number of nitrogens with two attached hydrogens (primary N) is 2. The fourth-order valence-electron chi connectivity index (χ4n) is 5.11. The lowest BCUT2D eigenvalue weighted by Gasteiger charge is -2.11. The summed E-state index contributed by atoms with van der Waals surface area (Å²) in [6.45, 7) is 1.95. The number of rotatable bonds is 11. The maximum absolute atomic E-state index is 13.2. The van der Waals surface area contributed by atoms with Crippen LogP contribution in [0.25, 0.3) is 11.4 Å². The molecule has 4 aromatic carbocycles. The molecule has 6 aromatic rings. The quantitative estimate of drug-likeness (QED) is 0.149. The third-order valence-electron chi connectivity index (χ3n) is 7.71. The number of carbonyl (C=O) groups excluding carboxylic acids is 2. The number of aromatic nitrogens is 4. The standard InChI is InChI=1S/C18H17FN4O4S.C18H17FN4O3S/c1-27-15-5-2-12(3-6-15)8-18(24)22-14-4-7-16(17(9-14)28(20,25)26)23-11-13(19)10-21-23;1-12-2-4-13(5-3-12)8-18(24)22-15-6-7-16(17(9-15)27(20,25)26)23-11-14(19)10-21-23/h2-7,9-11H,8H2,1H3,(H,22,24)(H2,20,25,26);2-7,9-11H,8H2,1H3,(H,22,24)(H2,20,25,26). The summed E-state index contributed by atoms with van der Waals surface area (Å²) in [5.74, 6) is -1.23. The van der Waals surface area contributed by atoms with Crippen molar-refractivity contribution < 1.29 is 39.9 Å². The average molecular weight is 793 g/mol. The number of benzene rings is 4. The Bertz CT molecular complexity index is 2560. The molecule has 0 saturated heterocycles. The van der Waals surface area contributed by atoms with Crippen LogP contribution in [0.5, 0.6) is 5.75 Å². The van der Waals surface area contributed by atoms with Crippen molar-refractivity contribution in [2.24, 2.45) is 10.3 Å². The zero-order chi connectivity index (χ0) is 39.9. The second-order valence-electron chi connectivity index (χ2n) is 11.9. The first-order valence-electron chi connectivity index (χ1n) is 16.0. The summed E-state index contributed by atoms with van der Waals surface area (Å²) >= 11 is 0. The van der Waals surface area contributed by atoms with Crippen molar-refractivity contribution in [2.45, 2.75) is 29.6 Å². The van der Waals surface area contributed by atoms with Gasteiger partial charge in [0.25, 0.3) is 0 Å². The molecule has 2 heterocycles. The third kappa shape index (κ3) is 10.9. The Kier molecular flexibility index (Phi) is 12.2. The summed E-state index contributed by atoms with van der Waals surface area (Å²) in [7, 11) is -6.73. The number of amides is 2. The van der Waals surface area contributed by atoms with Gasteiger partial charge >= 0.3 is 0 Å². The Labute approximate surface area is 314 Å². The number of carbonyl (C=O) groups is 2. The van der Waals surface area contributed by atoms with Crippen LogP contribution in [0.2, 0.25) is 0 Å². The first-order chi connectivity index (χ1) is 26.0. The molecule has 55 heavy (non-hydrogen) atoms. The highest BCUT2D eigenvalue weighted by Gasteiger charge is 2.20. The van der Waals surface area contributed by atoms with E-state index in [1.165, 1.54) is 36.4 Å². The minimum absolute atomic E-state index is 0.0690. The Hall–Kier alpha value is -6.28. The summed E-state index contributed by atoms with van der Waals surface area (Å²) in [5.41, 5.74) is 3.31. The van der Waals surface area contributed by atoms with Crippen LogP contribution in [0.1, 0.15) is 16.7 Å². The van der Waals surface area contributed by atoms with Crippen molar-refractivity contribution in [2.75, 3.05) is 17.7 Å². The van der Waals surface area contributed by atoms with Crippen molar-refractivity contribution in [3.8, 4) is 17.1 Å². The number of sulfonamides is 2.